The average molecular weight is 493 g/mol. The molecule has 5 nitrogen and oxygen atoms in total. The molecule has 34 heavy (non-hydrogen) atoms. The largest absolute Gasteiger partial charge is 0.417 e. The number of halogens is 4. The van der Waals surface area contributed by atoms with Crippen molar-refractivity contribution in [3.05, 3.63) is 64.7 Å². The number of amides is 1. The van der Waals surface area contributed by atoms with Crippen molar-refractivity contribution in [1.29, 1.82) is 0 Å². The molecule has 1 N–H and O–H groups in total. The SMILES string of the molecule is Cc1nc(C(=O)N2CCC[C@H](C)[C@H]2CNc2ccc(C(F)(F)F)cn2)c(-c2ccc(F)cc2)s1. The number of thiazole rings is 1. The summed E-state index contributed by atoms with van der Waals surface area (Å²) in [7, 11) is 0. The normalized spacial score (nSPS) is 18.7. The van der Waals surface area contributed by atoms with Crippen molar-refractivity contribution in [3.63, 3.8) is 0 Å². The van der Waals surface area contributed by atoms with Crippen LogP contribution in [-0.2, 0) is 6.18 Å². The van der Waals surface area contributed by atoms with Gasteiger partial charge in [-0.3, -0.25) is 4.79 Å². The predicted molar refractivity (Wildman–Crippen MR) is 123 cm³/mol. The Bertz CT molecular complexity index is 1150. The number of rotatable bonds is 5. The number of benzene rings is 1. The quantitative estimate of drug-likeness (QED) is 0.442. The Labute approximate surface area is 198 Å². The van der Waals surface area contributed by atoms with Crippen LogP contribution in [0.3, 0.4) is 0 Å². The summed E-state index contributed by atoms with van der Waals surface area (Å²) >= 11 is 1.38. The molecule has 1 aliphatic rings. The lowest BCUT2D eigenvalue weighted by Gasteiger charge is -2.40. The van der Waals surface area contributed by atoms with Crippen molar-refractivity contribution >= 4 is 23.1 Å². The van der Waals surface area contributed by atoms with Gasteiger partial charge in [-0.2, -0.15) is 13.2 Å². The molecule has 180 valence electrons. The summed E-state index contributed by atoms with van der Waals surface area (Å²) in [6.07, 6.45) is -1.88. The number of likely N-dealkylation sites (tertiary alicyclic amines) is 1. The zero-order chi connectivity index (χ0) is 24.5. The van der Waals surface area contributed by atoms with Crippen LogP contribution in [0.5, 0.6) is 0 Å². The van der Waals surface area contributed by atoms with E-state index in [1.807, 2.05) is 6.92 Å². The van der Waals surface area contributed by atoms with Gasteiger partial charge in [0.05, 0.1) is 21.5 Å². The zero-order valence-corrected chi connectivity index (χ0v) is 19.5. The zero-order valence-electron chi connectivity index (χ0n) is 18.7. The van der Waals surface area contributed by atoms with Gasteiger partial charge >= 0.3 is 6.18 Å². The summed E-state index contributed by atoms with van der Waals surface area (Å²) in [5.74, 6) is -0.0727. The van der Waals surface area contributed by atoms with Crippen LogP contribution in [-0.4, -0.2) is 39.9 Å². The monoisotopic (exact) mass is 492 g/mol. The highest BCUT2D eigenvalue weighted by Gasteiger charge is 2.35. The fourth-order valence-electron chi connectivity index (χ4n) is 4.19. The van der Waals surface area contributed by atoms with Crippen molar-refractivity contribution in [3.8, 4) is 10.4 Å². The van der Waals surface area contributed by atoms with E-state index in [0.29, 0.717) is 29.5 Å². The maximum atomic E-state index is 13.6. The molecule has 0 saturated carbocycles. The van der Waals surface area contributed by atoms with Gasteiger partial charge in [-0.15, -0.1) is 11.3 Å². The van der Waals surface area contributed by atoms with Crippen molar-refractivity contribution in [2.24, 2.45) is 5.92 Å². The lowest BCUT2D eigenvalue weighted by Crippen LogP contribution is -2.51. The van der Waals surface area contributed by atoms with E-state index >= 15 is 0 Å². The molecule has 10 heteroatoms. The van der Waals surface area contributed by atoms with Gasteiger partial charge in [0.25, 0.3) is 5.91 Å². The van der Waals surface area contributed by atoms with E-state index < -0.39 is 11.7 Å². The molecule has 4 rings (SSSR count). The van der Waals surface area contributed by atoms with Gasteiger partial charge in [-0.05, 0) is 55.5 Å². The van der Waals surface area contributed by atoms with Crippen LogP contribution in [0.2, 0.25) is 0 Å². The number of hydrogen-bond acceptors (Lipinski definition) is 5. The maximum absolute atomic E-state index is 13.6. The smallest absolute Gasteiger partial charge is 0.368 e. The number of aryl methyl sites for hydroxylation is 1. The summed E-state index contributed by atoms with van der Waals surface area (Å²) in [4.78, 5) is 24.5. The van der Waals surface area contributed by atoms with Gasteiger partial charge < -0.3 is 10.2 Å². The van der Waals surface area contributed by atoms with Crippen LogP contribution >= 0.6 is 11.3 Å². The third-order valence-corrected chi connectivity index (χ3v) is 7.02. The second-order valence-corrected chi connectivity index (χ2v) is 9.62. The second kappa shape index (κ2) is 9.69. The molecule has 2 atom stereocenters. The van der Waals surface area contributed by atoms with Gasteiger partial charge in [0.15, 0.2) is 0 Å². The number of nitrogens with one attached hydrogen (secondary N) is 1. The lowest BCUT2D eigenvalue weighted by atomic mass is 9.90. The number of piperidine rings is 1. The Morgan fingerprint density at radius 2 is 1.94 bits per heavy atom. The number of anilines is 1. The third kappa shape index (κ3) is 5.22. The minimum absolute atomic E-state index is 0.175. The molecular formula is C24H24F4N4OS. The highest BCUT2D eigenvalue weighted by Crippen LogP contribution is 2.34. The van der Waals surface area contributed by atoms with E-state index in [-0.39, 0.29) is 23.7 Å². The minimum Gasteiger partial charge on any atom is -0.368 e. The Kier molecular flexibility index (Phi) is 6.88. The average Bonchev–Trinajstić information content (AvgIpc) is 3.19. The molecular weight excluding hydrogens is 468 g/mol. The summed E-state index contributed by atoms with van der Waals surface area (Å²) in [6, 6.07) is 8.06. The molecule has 0 bridgehead atoms. The molecule has 0 radical (unpaired) electrons. The third-order valence-electron chi connectivity index (χ3n) is 6.00. The van der Waals surface area contributed by atoms with Gasteiger partial charge in [0, 0.05) is 19.3 Å². The first-order chi connectivity index (χ1) is 16.1. The number of pyridine rings is 1. The van der Waals surface area contributed by atoms with Crippen molar-refractivity contribution in [2.45, 2.75) is 38.9 Å². The van der Waals surface area contributed by atoms with Gasteiger partial charge in [-0.1, -0.05) is 19.1 Å². The molecule has 0 spiro atoms. The van der Waals surface area contributed by atoms with Crippen LogP contribution in [0.15, 0.2) is 42.6 Å². The van der Waals surface area contributed by atoms with E-state index in [2.05, 4.69) is 22.2 Å². The highest BCUT2D eigenvalue weighted by molar-refractivity contribution is 7.15. The minimum atomic E-state index is -4.44. The standard InChI is InChI=1S/C24H24F4N4OS/c1-14-4-3-11-32(19(14)13-30-20-10-7-17(12-29-20)24(26,27)28)23(33)21-22(34-15(2)31-21)16-5-8-18(25)9-6-16/h5-10,12,14,19H,3-4,11,13H2,1-2H3,(H,29,30)/t14-,19+/m0/s1. The predicted octanol–water partition coefficient (Wildman–Crippen LogP) is 6.02. The Balaban J connectivity index is 1.54. The van der Waals surface area contributed by atoms with Crippen molar-refractivity contribution in [2.75, 3.05) is 18.4 Å². The molecule has 2 aromatic heterocycles. The molecule has 1 amide bonds. The fraction of sp³-hybridized carbons (Fsp3) is 0.375. The van der Waals surface area contributed by atoms with Gasteiger partial charge in [0.2, 0.25) is 0 Å². The number of carbonyl (C=O) groups excluding carboxylic acids is 1. The first-order valence-corrected chi connectivity index (χ1v) is 11.8. The van der Waals surface area contributed by atoms with E-state index in [1.54, 1.807) is 17.0 Å². The van der Waals surface area contributed by atoms with Crippen LogP contribution in [0.4, 0.5) is 23.4 Å². The van der Waals surface area contributed by atoms with E-state index in [9.17, 15) is 22.4 Å². The van der Waals surface area contributed by atoms with Crippen molar-refractivity contribution < 1.29 is 22.4 Å². The van der Waals surface area contributed by atoms with Crippen LogP contribution in [0.1, 0.15) is 40.8 Å². The molecule has 1 fully saturated rings. The fourth-order valence-corrected chi connectivity index (χ4v) is 5.11. The first kappa shape index (κ1) is 24.1. The van der Waals surface area contributed by atoms with Crippen molar-refractivity contribution in [1.82, 2.24) is 14.9 Å². The van der Waals surface area contributed by atoms with E-state index in [4.69, 9.17) is 0 Å². The van der Waals surface area contributed by atoms with Crippen LogP contribution in [0, 0.1) is 18.7 Å². The highest BCUT2D eigenvalue weighted by atomic mass is 32.1. The molecule has 1 aromatic carbocycles. The summed E-state index contributed by atoms with van der Waals surface area (Å²) in [6.45, 7) is 4.78. The Morgan fingerprint density at radius 1 is 1.21 bits per heavy atom. The molecule has 1 saturated heterocycles. The number of nitrogens with zero attached hydrogens (tertiary/aromatic N) is 3. The van der Waals surface area contributed by atoms with E-state index in [1.165, 1.54) is 29.5 Å². The number of aromatic nitrogens is 2. The summed E-state index contributed by atoms with van der Waals surface area (Å²) < 4.78 is 51.8. The molecule has 3 aromatic rings. The van der Waals surface area contributed by atoms with E-state index in [0.717, 1.165) is 35.7 Å². The van der Waals surface area contributed by atoms with Gasteiger partial charge in [0.1, 0.15) is 17.3 Å². The van der Waals surface area contributed by atoms with Crippen LogP contribution in [0.25, 0.3) is 10.4 Å². The Morgan fingerprint density at radius 3 is 2.59 bits per heavy atom. The number of hydrogen-bond donors (Lipinski definition) is 1. The molecule has 0 unspecified atom stereocenters. The second-order valence-electron chi connectivity index (χ2n) is 8.41. The Hall–Kier alpha value is -3.01. The number of alkyl halides is 3. The first-order valence-electron chi connectivity index (χ1n) is 10.9. The lowest BCUT2D eigenvalue weighted by molar-refractivity contribution is -0.137. The van der Waals surface area contributed by atoms with Gasteiger partial charge in [-0.25, -0.2) is 14.4 Å². The molecule has 0 aliphatic carbocycles. The van der Waals surface area contributed by atoms with Crippen LogP contribution < -0.4 is 5.32 Å². The molecule has 3 heterocycles. The number of carbonyl (C=O) groups is 1. The topological polar surface area (TPSA) is 58.1 Å². The maximum Gasteiger partial charge on any atom is 0.417 e. The summed E-state index contributed by atoms with van der Waals surface area (Å²) in [5.41, 5.74) is 0.248. The molecule has 1 aliphatic heterocycles. The summed E-state index contributed by atoms with van der Waals surface area (Å²) in [5, 5.41) is 3.82.